The smallest absolute Gasteiger partial charge is 0.334 e. The molecule has 9 heteroatoms. The molecule has 8 nitrogen and oxygen atoms in total. The van der Waals surface area contributed by atoms with Crippen LogP contribution in [-0.4, -0.2) is 57.5 Å². The van der Waals surface area contributed by atoms with E-state index in [1.807, 2.05) is 13.8 Å². The van der Waals surface area contributed by atoms with Crippen molar-refractivity contribution in [1.29, 1.82) is 0 Å². The number of nitrogens with one attached hydrogen (secondary N) is 2. The molecule has 0 aromatic carbocycles. The summed E-state index contributed by atoms with van der Waals surface area (Å²) in [7, 11) is -2.32. The van der Waals surface area contributed by atoms with Gasteiger partial charge in [0.1, 0.15) is 6.04 Å². The molecule has 0 radical (unpaired) electrons. The number of hydrogen-bond donors (Lipinski definition) is 3. The zero-order chi connectivity index (χ0) is 15.9. The van der Waals surface area contributed by atoms with Crippen LogP contribution >= 0.6 is 0 Å². The lowest BCUT2D eigenvalue weighted by atomic mass is 10.0. The summed E-state index contributed by atoms with van der Waals surface area (Å²) in [6.45, 7) is 3.46. The third kappa shape index (κ3) is 8.08. The van der Waals surface area contributed by atoms with E-state index in [-0.39, 0.29) is 12.5 Å². The fourth-order valence-corrected chi connectivity index (χ4v) is 2.25. The third-order valence-corrected chi connectivity index (χ3v) is 3.11. The number of sulfonamides is 1. The molecular formula is C11H22N2O6S. The number of carbonyl (C=O) groups excluding carboxylic acids is 1. The van der Waals surface area contributed by atoms with Crippen molar-refractivity contribution in [2.75, 3.05) is 19.9 Å². The highest BCUT2D eigenvalue weighted by Crippen LogP contribution is 2.06. The van der Waals surface area contributed by atoms with Crippen LogP contribution in [0.25, 0.3) is 0 Å². The number of carboxylic acids is 1. The van der Waals surface area contributed by atoms with E-state index in [9.17, 15) is 18.0 Å². The number of methoxy groups -OCH3 is 1. The lowest BCUT2D eigenvalue weighted by Crippen LogP contribution is -2.49. The summed E-state index contributed by atoms with van der Waals surface area (Å²) in [5.41, 5.74) is 0. The second-order valence-electron chi connectivity index (χ2n) is 4.88. The average molecular weight is 310 g/mol. The van der Waals surface area contributed by atoms with Crippen LogP contribution in [0.5, 0.6) is 0 Å². The van der Waals surface area contributed by atoms with Crippen molar-refractivity contribution in [2.24, 2.45) is 5.92 Å². The van der Waals surface area contributed by atoms with E-state index in [2.05, 4.69) is 14.8 Å². The van der Waals surface area contributed by atoms with E-state index in [4.69, 9.17) is 5.11 Å². The summed E-state index contributed by atoms with van der Waals surface area (Å²) in [6, 6.07) is -0.934. The van der Waals surface area contributed by atoms with Crippen molar-refractivity contribution < 1.29 is 27.9 Å². The Labute approximate surface area is 118 Å². The predicted molar refractivity (Wildman–Crippen MR) is 72.7 cm³/mol. The van der Waals surface area contributed by atoms with Crippen LogP contribution in [0.1, 0.15) is 20.3 Å². The Morgan fingerprint density at radius 2 is 1.85 bits per heavy atom. The molecule has 0 rings (SSSR count). The van der Waals surface area contributed by atoms with Crippen LogP contribution in [0.4, 0.5) is 0 Å². The number of carboxylic acid groups (broad SMARTS) is 1. The zero-order valence-corrected chi connectivity index (χ0v) is 12.9. The normalized spacial score (nSPS) is 14.8. The lowest BCUT2D eigenvalue weighted by Gasteiger charge is -2.20. The Bertz CT molecular complexity index is 434. The molecule has 20 heavy (non-hydrogen) atoms. The maximum Gasteiger partial charge on any atom is 0.334 e. The van der Waals surface area contributed by atoms with E-state index in [1.165, 1.54) is 7.11 Å². The molecule has 0 bridgehead atoms. The van der Waals surface area contributed by atoms with E-state index in [0.29, 0.717) is 6.42 Å². The first-order chi connectivity index (χ1) is 9.06. The van der Waals surface area contributed by atoms with E-state index in [1.54, 1.807) is 0 Å². The van der Waals surface area contributed by atoms with Gasteiger partial charge < -0.3 is 15.2 Å². The minimum absolute atomic E-state index is 0.0951. The minimum atomic E-state index is -3.53. The highest BCUT2D eigenvalue weighted by Gasteiger charge is 2.25. The Morgan fingerprint density at radius 1 is 1.30 bits per heavy atom. The van der Waals surface area contributed by atoms with Crippen molar-refractivity contribution in [1.82, 2.24) is 10.0 Å². The summed E-state index contributed by atoms with van der Waals surface area (Å²) in [6.07, 6.45) is 0.101. The molecule has 0 aliphatic rings. The Morgan fingerprint density at radius 3 is 2.20 bits per heavy atom. The van der Waals surface area contributed by atoms with Gasteiger partial charge in [-0.3, -0.25) is 4.79 Å². The van der Waals surface area contributed by atoms with Gasteiger partial charge in [-0.05, 0) is 12.3 Å². The van der Waals surface area contributed by atoms with E-state index in [0.717, 1.165) is 6.26 Å². The van der Waals surface area contributed by atoms with E-state index < -0.39 is 34.0 Å². The molecule has 0 aromatic heterocycles. The van der Waals surface area contributed by atoms with Crippen LogP contribution in [0.3, 0.4) is 0 Å². The first-order valence-corrected chi connectivity index (χ1v) is 7.96. The van der Waals surface area contributed by atoms with Gasteiger partial charge in [0.25, 0.3) is 0 Å². The summed E-state index contributed by atoms with van der Waals surface area (Å²) < 4.78 is 29.3. The maximum atomic E-state index is 11.9. The zero-order valence-electron chi connectivity index (χ0n) is 12.0. The third-order valence-electron chi connectivity index (χ3n) is 2.40. The molecule has 0 fully saturated rings. The molecule has 0 saturated carbocycles. The fourth-order valence-electron chi connectivity index (χ4n) is 1.53. The molecule has 0 aromatic rings. The first-order valence-electron chi connectivity index (χ1n) is 6.07. The largest absolute Gasteiger partial charge is 0.479 e. The van der Waals surface area contributed by atoms with Crippen LogP contribution in [-0.2, 0) is 24.3 Å². The molecule has 0 aliphatic heterocycles. The molecular weight excluding hydrogens is 288 g/mol. The van der Waals surface area contributed by atoms with Crippen molar-refractivity contribution in [2.45, 2.75) is 32.4 Å². The van der Waals surface area contributed by atoms with Gasteiger partial charge in [-0.1, -0.05) is 13.8 Å². The predicted octanol–water partition coefficient (Wildman–Crippen LogP) is -0.834. The van der Waals surface area contributed by atoms with Gasteiger partial charge in [0.15, 0.2) is 6.10 Å². The average Bonchev–Trinajstić information content (AvgIpc) is 2.25. The molecule has 0 aliphatic carbocycles. The second kappa shape index (κ2) is 8.18. The molecule has 1 amide bonds. The Hall–Kier alpha value is -1.19. The Balaban J connectivity index is 4.66. The summed E-state index contributed by atoms with van der Waals surface area (Å²) >= 11 is 0. The molecule has 2 unspecified atom stereocenters. The number of amides is 1. The summed E-state index contributed by atoms with van der Waals surface area (Å²) in [4.78, 5) is 22.6. The molecule has 118 valence electrons. The topological polar surface area (TPSA) is 122 Å². The molecule has 3 N–H and O–H groups in total. The molecule has 0 spiro atoms. The summed E-state index contributed by atoms with van der Waals surface area (Å²) in [5.74, 6) is -1.69. The van der Waals surface area contributed by atoms with Crippen LogP contribution in [0, 0.1) is 5.92 Å². The van der Waals surface area contributed by atoms with Crippen molar-refractivity contribution in [3.05, 3.63) is 0 Å². The SMILES string of the molecule is COC(CNC(=O)C(CC(C)C)NS(C)(=O)=O)C(=O)O. The number of hydrogen-bond acceptors (Lipinski definition) is 5. The molecule has 0 heterocycles. The Kier molecular flexibility index (Phi) is 7.69. The highest BCUT2D eigenvalue weighted by atomic mass is 32.2. The van der Waals surface area contributed by atoms with Crippen molar-refractivity contribution in [3.8, 4) is 0 Å². The van der Waals surface area contributed by atoms with Crippen LogP contribution in [0.15, 0.2) is 0 Å². The number of ether oxygens (including phenoxy) is 1. The monoisotopic (exact) mass is 310 g/mol. The van der Waals surface area contributed by atoms with Crippen LogP contribution < -0.4 is 10.0 Å². The summed E-state index contributed by atoms with van der Waals surface area (Å²) in [5, 5.41) is 11.1. The van der Waals surface area contributed by atoms with Crippen molar-refractivity contribution >= 4 is 21.9 Å². The van der Waals surface area contributed by atoms with Gasteiger partial charge in [0, 0.05) is 7.11 Å². The highest BCUT2D eigenvalue weighted by molar-refractivity contribution is 7.88. The first kappa shape index (κ1) is 18.8. The lowest BCUT2D eigenvalue weighted by molar-refractivity contribution is -0.148. The molecule has 0 saturated heterocycles. The van der Waals surface area contributed by atoms with Crippen LogP contribution in [0.2, 0.25) is 0 Å². The number of aliphatic carboxylic acids is 1. The van der Waals surface area contributed by atoms with Gasteiger partial charge in [0.2, 0.25) is 15.9 Å². The molecule has 2 atom stereocenters. The van der Waals surface area contributed by atoms with E-state index >= 15 is 0 Å². The van der Waals surface area contributed by atoms with Gasteiger partial charge in [-0.15, -0.1) is 0 Å². The maximum absolute atomic E-state index is 11.9. The quantitative estimate of drug-likeness (QED) is 0.511. The van der Waals surface area contributed by atoms with Gasteiger partial charge >= 0.3 is 5.97 Å². The number of carbonyl (C=O) groups is 2. The van der Waals surface area contributed by atoms with Gasteiger partial charge in [-0.25, -0.2) is 17.9 Å². The van der Waals surface area contributed by atoms with Crippen molar-refractivity contribution in [3.63, 3.8) is 0 Å². The standard InChI is InChI=1S/C11H22N2O6S/c1-7(2)5-8(13-20(4,17)18)10(14)12-6-9(19-3)11(15)16/h7-9,13H,5-6H2,1-4H3,(H,12,14)(H,15,16). The van der Waals surface area contributed by atoms with Gasteiger partial charge in [-0.2, -0.15) is 0 Å². The number of rotatable bonds is 9. The fraction of sp³-hybridized carbons (Fsp3) is 0.818. The minimum Gasteiger partial charge on any atom is -0.479 e. The van der Waals surface area contributed by atoms with Gasteiger partial charge in [0.05, 0.1) is 12.8 Å². The second-order valence-corrected chi connectivity index (χ2v) is 6.66.